The Morgan fingerprint density at radius 1 is 1.03 bits per heavy atom. The second-order valence-electron chi connectivity index (χ2n) is 8.68. The number of ketones is 1. The first-order valence-corrected chi connectivity index (χ1v) is 11.3. The summed E-state index contributed by atoms with van der Waals surface area (Å²) in [5, 5.41) is 4.42. The molecule has 163 valence electrons. The van der Waals surface area contributed by atoms with Gasteiger partial charge in [0, 0.05) is 75.7 Å². The summed E-state index contributed by atoms with van der Waals surface area (Å²) in [7, 11) is 1.70. The first-order valence-electron chi connectivity index (χ1n) is 11.3. The Bertz CT molecular complexity index is 847. The van der Waals surface area contributed by atoms with Crippen molar-refractivity contribution in [2.45, 2.75) is 45.1 Å². The van der Waals surface area contributed by atoms with Crippen molar-refractivity contribution >= 4 is 5.78 Å². The fourth-order valence-electron chi connectivity index (χ4n) is 4.66. The van der Waals surface area contributed by atoms with E-state index in [4.69, 9.17) is 4.74 Å². The predicted molar refractivity (Wildman–Crippen MR) is 122 cm³/mol. The second-order valence-corrected chi connectivity index (χ2v) is 8.68. The van der Waals surface area contributed by atoms with Crippen molar-refractivity contribution in [2.24, 2.45) is 5.92 Å². The van der Waals surface area contributed by atoms with Crippen molar-refractivity contribution in [1.29, 1.82) is 0 Å². The maximum Gasteiger partial charge on any atom is 0.162 e. The van der Waals surface area contributed by atoms with Gasteiger partial charge in [0.1, 0.15) is 5.75 Å². The molecular formula is C26H33AcN2O2-. The Hall–Kier alpha value is -0.728. The quantitative estimate of drug-likeness (QED) is 0.402. The molecule has 4 nitrogen and oxygen atoms in total. The van der Waals surface area contributed by atoms with Crippen molar-refractivity contribution in [3.63, 3.8) is 0 Å². The van der Waals surface area contributed by atoms with Crippen molar-refractivity contribution in [1.82, 2.24) is 4.90 Å². The van der Waals surface area contributed by atoms with Gasteiger partial charge in [-0.3, -0.25) is 9.69 Å². The Balaban J connectivity index is 0.00000272. The van der Waals surface area contributed by atoms with Gasteiger partial charge in [0.05, 0.1) is 7.11 Å². The molecule has 31 heavy (non-hydrogen) atoms. The molecule has 2 heterocycles. The first kappa shape index (κ1) is 24.9. The summed E-state index contributed by atoms with van der Waals surface area (Å²) in [5.74, 6) is 1.89. The van der Waals surface area contributed by atoms with E-state index in [1.54, 1.807) is 7.11 Å². The topological polar surface area (TPSA) is 43.6 Å². The molecule has 0 atom stereocenters. The molecule has 0 unspecified atom stereocenters. The van der Waals surface area contributed by atoms with Gasteiger partial charge >= 0.3 is 0 Å². The molecule has 5 heteroatoms. The SMILES string of the molecule is COc1ccc(CN2CCc3ccc(C(=O)CCC4CC[N-]CC4)cc3CC2)cc1.[Ac]. The molecule has 2 aromatic rings. The van der Waals surface area contributed by atoms with E-state index in [1.807, 2.05) is 12.1 Å². The molecule has 1 saturated heterocycles. The fourth-order valence-corrected chi connectivity index (χ4v) is 4.66. The Morgan fingerprint density at radius 3 is 2.45 bits per heavy atom. The average Bonchev–Trinajstić information content (AvgIpc) is 3.00. The van der Waals surface area contributed by atoms with Crippen molar-refractivity contribution in [2.75, 3.05) is 33.3 Å². The molecule has 0 aliphatic carbocycles. The number of carbonyl (C=O) groups is 1. The van der Waals surface area contributed by atoms with Crippen LogP contribution in [0.4, 0.5) is 0 Å². The van der Waals surface area contributed by atoms with Gasteiger partial charge in [-0.15, -0.1) is 13.1 Å². The van der Waals surface area contributed by atoms with Gasteiger partial charge in [-0.05, 0) is 60.1 Å². The van der Waals surface area contributed by atoms with E-state index < -0.39 is 0 Å². The minimum Gasteiger partial charge on any atom is -0.662 e. The van der Waals surface area contributed by atoms with E-state index in [0.29, 0.717) is 18.1 Å². The van der Waals surface area contributed by atoms with E-state index in [2.05, 4.69) is 40.5 Å². The van der Waals surface area contributed by atoms with E-state index in [0.717, 1.165) is 76.1 Å². The number of benzene rings is 2. The Morgan fingerprint density at radius 2 is 1.74 bits per heavy atom. The zero-order chi connectivity index (χ0) is 20.8. The van der Waals surface area contributed by atoms with Crippen LogP contribution in [-0.2, 0) is 19.4 Å². The summed E-state index contributed by atoms with van der Waals surface area (Å²) in [4.78, 5) is 15.3. The van der Waals surface area contributed by atoms with Crippen LogP contribution in [0, 0.1) is 50.0 Å². The van der Waals surface area contributed by atoms with E-state index in [9.17, 15) is 4.79 Å². The second kappa shape index (κ2) is 12.5. The third-order valence-electron chi connectivity index (χ3n) is 6.66. The molecule has 0 aromatic heterocycles. The van der Waals surface area contributed by atoms with Crippen LogP contribution < -0.4 is 4.74 Å². The molecular weight excluding hydrogens is 599 g/mol. The van der Waals surface area contributed by atoms with Crippen LogP contribution in [0.2, 0.25) is 0 Å². The Labute approximate surface area is 222 Å². The monoisotopic (exact) mass is 632 g/mol. The number of ether oxygens (including phenoxy) is 1. The molecule has 2 aliphatic heterocycles. The number of fused-ring (bicyclic) bond motifs is 1. The van der Waals surface area contributed by atoms with E-state index in [1.165, 1.54) is 16.7 Å². The summed E-state index contributed by atoms with van der Waals surface area (Å²) < 4.78 is 5.26. The van der Waals surface area contributed by atoms with Crippen LogP contribution in [0.15, 0.2) is 42.5 Å². The zero-order valence-electron chi connectivity index (χ0n) is 18.7. The number of methoxy groups -OCH3 is 1. The summed E-state index contributed by atoms with van der Waals surface area (Å²) in [6.45, 7) is 4.99. The summed E-state index contributed by atoms with van der Waals surface area (Å²) >= 11 is 0. The molecule has 1 radical (unpaired) electrons. The Kier molecular flexibility index (Phi) is 10.0. The van der Waals surface area contributed by atoms with Gasteiger partial charge < -0.3 is 10.1 Å². The summed E-state index contributed by atoms with van der Waals surface area (Å²) in [6, 6.07) is 14.8. The van der Waals surface area contributed by atoms with Crippen LogP contribution in [0.25, 0.3) is 5.32 Å². The molecule has 2 aromatic carbocycles. The van der Waals surface area contributed by atoms with Crippen LogP contribution in [-0.4, -0.2) is 44.0 Å². The largest absolute Gasteiger partial charge is 0.662 e. The number of rotatable bonds is 7. The standard InChI is InChI=1S/C26H33N2O2.Ac/c1-30-25-7-2-21(3-8-25)19-28-16-12-22-5-6-24(18-23(22)13-17-28)26(29)9-4-20-10-14-27-15-11-20;/h2-3,5-8,18,20H,4,9-17,19H2,1H3;/q-1;. The molecule has 1 fully saturated rings. The third-order valence-corrected chi connectivity index (χ3v) is 6.66. The van der Waals surface area contributed by atoms with Crippen molar-refractivity contribution < 1.29 is 53.6 Å². The minimum atomic E-state index is 0. The van der Waals surface area contributed by atoms with Gasteiger partial charge in [-0.25, -0.2) is 0 Å². The summed E-state index contributed by atoms with van der Waals surface area (Å²) in [5.41, 5.74) is 4.97. The summed E-state index contributed by atoms with van der Waals surface area (Å²) in [6.07, 6.45) is 6.05. The third kappa shape index (κ3) is 7.13. The van der Waals surface area contributed by atoms with Gasteiger partial charge in [-0.1, -0.05) is 37.1 Å². The van der Waals surface area contributed by atoms with Gasteiger partial charge in [0.15, 0.2) is 5.78 Å². The van der Waals surface area contributed by atoms with Crippen LogP contribution in [0.5, 0.6) is 5.75 Å². The van der Waals surface area contributed by atoms with E-state index >= 15 is 0 Å². The molecule has 4 rings (SSSR count). The molecule has 2 aliphatic rings. The maximum atomic E-state index is 12.8. The van der Waals surface area contributed by atoms with Gasteiger partial charge in [-0.2, -0.15) is 0 Å². The molecule has 0 bridgehead atoms. The fraction of sp³-hybridized carbons (Fsp3) is 0.500. The van der Waals surface area contributed by atoms with Crippen molar-refractivity contribution in [3.8, 4) is 5.75 Å². The number of piperidine rings is 1. The molecule has 0 saturated carbocycles. The predicted octanol–water partition coefficient (Wildman–Crippen LogP) is 5.04. The van der Waals surface area contributed by atoms with E-state index in [-0.39, 0.29) is 44.1 Å². The zero-order valence-corrected chi connectivity index (χ0v) is 23.4. The number of Topliss-reactive ketones (excluding diaryl/α,β-unsaturated/α-hetero) is 1. The number of hydrogen-bond donors (Lipinski definition) is 0. The van der Waals surface area contributed by atoms with Gasteiger partial charge in [0.25, 0.3) is 0 Å². The van der Waals surface area contributed by atoms with Crippen LogP contribution in [0.1, 0.15) is 52.7 Å². The molecule has 0 N–H and O–H groups in total. The van der Waals surface area contributed by atoms with Crippen LogP contribution >= 0.6 is 0 Å². The number of nitrogens with zero attached hydrogens (tertiary/aromatic N) is 2. The van der Waals surface area contributed by atoms with Crippen LogP contribution in [0.3, 0.4) is 0 Å². The molecule has 0 amide bonds. The first-order chi connectivity index (χ1) is 14.7. The number of hydrogen-bond acceptors (Lipinski definition) is 3. The normalized spacial score (nSPS) is 17.3. The average molecular weight is 633 g/mol. The minimum absolute atomic E-state index is 0. The van der Waals surface area contributed by atoms with Gasteiger partial charge in [0.2, 0.25) is 0 Å². The smallest absolute Gasteiger partial charge is 0.162 e. The number of carbonyl (C=O) groups excluding carboxylic acids is 1. The maximum absolute atomic E-state index is 12.8. The molecule has 0 spiro atoms. The van der Waals surface area contributed by atoms with Crippen molar-refractivity contribution in [3.05, 3.63) is 70.0 Å².